The molecule has 0 atom stereocenters. The van der Waals surface area contributed by atoms with E-state index in [0.717, 1.165) is 57.7 Å². The quantitative estimate of drug-likeness (QED) is 0.296. The second kappa shape index (κ2) is 9.50. The van der Waals surface area contributed by atoms with Gasteiger partial charge in [-0.2, -0.15) is 0 Å². The Bertz CT molecular complexity index is 1380. The Hall–Kier alpha value is -3.33. The Labute approximate surface area is 205 Å². The SMILES string of the molecule is CC1=Nc2c(cccc2[O][Al]([O]c2c(C)cccc2C)[O]c2cccc3ccc(C)nc23)CC1. The smallest absolute Gasteiger partial charge is 0.577 e. The van der Waals surface area contributed by atoms with Gasteiger partial charge in [-0.05, 0) is 75.4 Å². The molecule has 0 spiro atoms. The van der Waals surface area contributed by atoms with E-state index in [2.05, 4.69) is 19.1 Å². The monoisotopic (exact) mass is 466 g/mol. The van der Waals surface area contributed by atoms with Crippen molar-refractivity contribution in [2.24, 2.45) is 4.99 Å². The van der Waals surface area contributed by atoms with Crippen molar-refractivity contribution in [3.63, 3.8) is 0 Å². The number of nitrogens with zero attached hydrogens (tertiary/aromatic N) is 2. The highest BCUT2D eigenvalue weighted by Gasteiger charge is 2.46. The Balaban J connectivity index is 1.55. The highest BCUT2D eigenvalue weighted by atomic mass is 27.3. The molecule has 4 aromatic rings. The van der Waals surface area contributed by atoms with Gasteiger partial charge >= 0.3 is 15.1 Å². The van der Waals surface area contributed by atoms with Gasteiger partial charge in [0, 0.05) is 16.8 Å². The number of benzene rings is 3. The van der Waals surface area contributed by atoms with Gasteiger partial charge in [0.25, 0.3) is 0 Å². The molecule has 1 aliphatic heterocycles. The van der Waals surface area contributed by atoms with Crippen molar-refractivity contribution in [3.05, 3.63) is 89.1 Å². The van der Waals surface area contributed by atoms with Gasteiger partial charge in [-0.3, -0.25) is 4.99 Å². The van der Waals surface area contributed by atoms with E-state index >= 15 is 0 Å². The Morgan fingerprint density at radius 2 is 1.41 bits per heavy atom. The van der Waals surface area contributed by atoms with E-state index in [1.807, 2.05) is 75.4 Å². The van der Waals surface area contributed by atoms with Gasteiger partial charge in [0.2, 0.25) is 0 Å². The molecule has 0 aliphatic carbocycles. The van der Waals surface area contributed by atoms with Crippen molar-refractivity contribution in [1.29, 1.82) is 0 Å². The summed E-state index contributed by atoms with van der Waals surface area (Å²) in [6, 6.07) is 22.2. The molecule has 0 saturated carbocycles. The fourth-order valence-corrected chi connectivity index (χ4v) is 5.73. The first-order valence-electron chi connectivity index (χ1n) is 11.6. The number of aromatic nitrogens is 1. The molecule has 2 heterocycles. The molecule has 1 aromatic heterocycles. The number of aliphatic imine (C=N–C) groups is 1. The van der Waals surface area contributed by atoms with Crippen molar-refractivity contribution in [1.82, 2.24) is 4.98 Å². The highest BCUT2D eigenvalue weighted by molar-refractivity contribution is 6.40. The van der Waals surface area contributed by atoms with Crippen molar-refractivity contribution in [2.45, 2.75) is 40.5 Å². The summed E-state index contributed by atoms with van der Waals surface area (Å²) in [6.45, 7) is 8.11. The van der Waals surface area contributed by atoms with Crippen molar-refractivity contribution >= 4 is 37.5 Å². The Morgan fingerprint density at radius 3 is 2.24 bits per heavy atom. The lowest BCUT2D eigenvalue weighted by atomic mass is 10.0. The topological polar surface area (TPSA) is 52.9 Å². The summed E-state index contributed by atoms with van der Waals surface area (Å²) in [5.74, 6) is 2.16. The molecule has 0 bridgehead atoms. The molecule has 0 N–H and O–H groups in total. The fourth-order valence-electron chi connectivity index (χ4n) is 4.23. The summed E-state index contributed by atoms with van der Waals surface area (Å²) in [6.07, 6.45) is 1.92. The summed E-state index contributed by atoms with van der Waals surface area (Å²) in [5, 5.41) is 1.01. The minimum atomic E-state index is -2.77. The molecule has 0 fully saturated rings. The second-order valence-electron chi connectivity index (χ2n) is 8.75. The average Bonchev–Trinajstić information content (AvgIpc) is 2.82. The first kappa shape index (κ1) is 22.5. The first-order valence-corrected chi connectivity index (χ1v) is 13.0. The summed E-state index contributed by atoms with van der Waals surface area (Å²) in [7, 11) is 0. The maximum Gasteiger partial charge on any atom is 1.20 e. The molecule has 1 aliphatic rings. The van der Waals surface area contributed by atoms with Crippen LogP contribution < -0.4 is 11.4 Å². The van der Waals surface area contributed by atoms with Crippen LogP contribution in [0, 0.1) is 20.8 Å². The van der Waals surface area contributed by atoms with Crippen molar-refractivity contribution in [2.75, 3.05) is 0 Å². The molecule has 3 aromatic carbocycles. The van der Waals surface area contributed by atoms with E-state index < -0.39 is 15.1 Å². The maximum atomic E-state index is 6.52. The third-order valence-electron chi connectivity index (χ3n) is 6.03. The lowest BCUT2D eigenvalue weighted by Crippen LogP contribution is -2.37. The molecule has 5 rings (SSSR count). The van der Waals surface area contributed by atoms with Crippen molar-refractivity contribution < 1.29 is 11.4 Å². The Morgan fingerprint density at radius 1 is 0.706 bits per heavy atom. The zero-order chi connectivity index (χ0) is 23.7. The molecule has 0 radical (unpaired) electrons. The van der Waals surface area contributed by atoms with Crippen LogP contribution >= 0.6 is 0 Å². The lowest BCUT2D eigenvalue weighted by molar-refractivity contribution is 0.307. The van der Waals surface area contributed by atoms with E-state index in [4.69, 9.17) is 21.3 Å². The molecule has 0 unspecified atom stereocenters. The molecule has 170 valence electrons. The predicted molar refractivity (Wildman–Crippen MR) is 138 cm³/mol. The number of hydrogen-bond acceptors (Lipinski definition) is 5. The number of pyridine rings is 1. The zero-order valence-electron chi connectivity index (χ0n) is 20.0. The van der Waals surface area contributed by atoms with Crippen LogP contribution in [0.2, 0.25) is 0 Å². The molecule has 0 saturated heterocycles. The van der Waals surface area contributed by atoms with Crippen LogP contribution in [0.25, 0.3) is 10.9 Å². The summed E-state index contributed by atoms with van der Waals surface area (Å²) < 4.78 is 19.5. The molecule has 6 heteroatoms. The van der Waals surface area contributed by atoms with Gasteiger partial charge in [-0.1, -0.05) is 48.5 Å². The summed E-state index contributed by atoms with van der Waals surface area (Å²) >= 11 is -2.77. The molecule has 5 nitrogen and oxygen atoms in total. The highest BCUT2D eigenvalue weighted by Crippen LogP contribution is 2.37. The van der Waals surface area contributed by atoms with Crippen LogP contribution in [0.3, 0.4) is 0 Å². The number of hydrogen-bond donors (Lipinski definition) is 0. The number of para-hydroxylation sites is 3. The van der Waals surface area contributed by atoms with Crippen LogP contribution in [-0.2, 0) is 6.42 Å². The summed E-state index contributed by atoms with van der Waals surface area (Å²) in [4.78, 5) is 9.52. The fraction of sp³-hybridized carbons (Fsp3) is 0.214. The van der Waals surface area contributed by atoms with E-state index in [9.17, 15) is 0 Å². The van der Waals surface area contributed by atoms with Gasteiger partial charge in [-0.25, -0.2) is 4.98 Å². The van der Waals surface area contributed by atoms with E-state index in [0.29, 0.717) is 11.5 Å². The van der Waals surface area contributed by atoms with E-state index in [1.165, 1.54) is 5.56 Å². The maximum absolute atomic E-state index is 6.52. The van der Waals surface area contributed by atoms with Crippen molar-refractivity contribution in [3.8, 4) is 17.2 Å². The Kier molecular flexibility index (Phi) is 6.28. The molecule has 34 heavy (non-hydrogen) atoms. The number of aryl methyl sites for hydroxylation is 4. The molecular formula is C28H27AlN2O3. The third-order valence-corrected chi connectivity index (χ3v) is 7.35. The van der Waals surface area contributed by atoms with Gasteiger partial charge in [-0.15, -0.1) is 0 Å². The van der Waals surface area contributed by atoms with Crippen LogP contribution in [0.1, 0.15) is 35.7 Å². The van der Waals surface area contributed by atoms with Crippen LogP contribution in [0.5, 0.6) is 17.2 Å². The standard InChI is InChI=1S/C10H11NO.C10H9NO.C8H10O.Al/c2*1-7-5-6-8-3-2-4-9(12)10(8)11-7;1-6-4-3-5-7(2)8(6)9;/h2-4,12H,5-6H2,1H3;2-6,12H,1H3;3-5,9H,1-2H3;/q;;;+3/p-3. The number of fused-ring (bicyclic) bond motifs is 2. The van der Waals surface area contributed by atoms with E-state index in [1.54, 1.807) is 0 Å². The minimum absolute atomic E-state index is 0.661. The zero-order valence-corrected chi connectivity index (χ0v) is 21.1. The minimum Gasteiger partial charge on any atom is -0.577 e. The normalized spacial score (nSPS) is 12.6. The lowest BCUT2D eigenvalue weighted by Gasteiger charge is -2.22. The second-order valence-corrected chi connectivity index (χ2v) is 10.0. The van der Waals surface area contributed by atoms with Gasteiger partial charge in [0.05, 0.1) is 5.75 Å². The van der Waals surface area contributed by atoms with Crippen LogP contribution in [-0.4, -0.2) is 25.8 Å². The van der Waals surface area contributed by atoms with Gasteiger partial charge < -0.3 is 11.4 Å². The van der Waals surface area contributed by atoms with E-state index in [-0.39, 0.29) is 0 Å². The third kappa shape index (κ3) is 4.66. The molecule has 0 amide bonds. The summed E-state index contributed by atoms with van der Waals surface area (Å²) in [5.41, 5.74) is 6.99. The average molecular weight is 467 g/mol. The number of rotatable bonds is 6. The predicted octanol–water partition coefficient (Wildman–Crippen LogP) is 6.72. The van der Waals surface area contributed by atoms with Gasteiger partial charge in [0.15, 0.2) is 0 Å². The first-order chi connectivity index (χ1) is 16.5. The largest absolute Gasteiger partial charge is 1.20 e. The van der Waals surface area contributed by atoms with Gasteiger partial charge in [0.1, 0.15) is 22.7 Å². The molecular weight excluding hydrogens is 439 g/mol. The van der Waals surface area contributed by atoms with Crippen LogP contribution in [0.4, 0.5) is 5.69 Å². The van der Waals surface area contributed by atoms with Crippen LogP contribution in [0.15, 0.2) is 71.7 Å².